The van der Waals surface area contributed by atoms with E-state index in [0.717, 1.165) is 27.8 Å². The Morgan fingerprint density at radius 3 is 2.47 bits per heavy atom. The average molecular weight is 456 g/mol. The van der Waals surface area contributed by atoms with Gasteiger partial charge in [0, 0.05) is 43.8 Å². The first-order valence-corrected chi connectivity index (χ1v) is 12.0. The minimum atomic E-state index is -3.66. The molecular formula is C24H29N3O4S. The lowest BCUT2D eigenvalue weighted by Crippen LogP contribution is -2.40. The van der Waals surface area contributed by atoms with Crippen molar-refractivity contribution in [2.24, 2.45) is 0 Å². The number of aliphatic carboxylic acids is 1. The van der Waals surface area contributed by atoms with Gasteiger partial charge in [-0.25, -0.2) is 8.42 Å². The van der Waals surface area contributed by atoms with Gasteiger partial charge in [0.2, 0.25) is 10.0 Å². The summed E-state index contributed by atoms with van der Waals surface area (Å²) in [4.78, 5) is 11.7. The maximum absolute atomic E-state index is 13.3. The van der Waals surface area contributed by atoms with E-state index in [4.69, 9.17) is 0 Å². The molecule has 3 aromatic rings. The number of hydrogen-bond acceptors (Lipinski definition) is 3. The number of nitrogens with zero attached hydrogens (tertiary/aromatic N) is 3. The fourth-order valence-corrected chi connectivity index (χ4v) is 5.98. The van der Waals surface area contributed by atoms with Gasteiger partial charge in [-0.3, -0.25) is 4.79 Å². The van der Waals surface area contributed by atoms with Crippen molar-refractivity contribution in [2.75, 3.05) is 21.1 Å². The molecule has 0 amide bonds. The number of hydrogen-bond donors (Lipinski definition) is 1. The molecule has 0 saturated carbocycles. The molecule has 4 rings (SSSR count). The van der Waals surface area contributed by atoms with Crippen LogP contribution < -0.4 is 4.48 Å². The van der Waals surface area contributed by atoms with E-state index in [2.05, 4.69) is 7.05 Å². The van der Waals surface area contributed by atoms with Gasteiger partial charge in [-0.2, -0.15) is 4.31 Å². The lowest BCUT2D eigenvalue weighted by Gasteiger charge is -2.33. The number of likely N-dealkylation sites (N-methyl/N-ethyl adjacent to an activating group) is 1. The van der Waals surface area contributed by atoms with Crippen LogP contribution in [0.15, 0.2) is 53.4 Å². The second-order valence-electron chi connectivity index (χ2n) is 9.02. The lowest BCUT2D eigenvalue weighted by molar-refractivity contribution is -0.137. The van der Waals surface area contributed by atoms with E-state index in [1.54, 1.807) is 31.3 Å². The molecule has 8 heteroatoms. The van der Waals surface area contributed by atoms with Crippen molar-refractivity contribution >= 4 is 32.6 Å². The fourth-order valence-electron chi connectivity index (χ4n) is 4.59. The largest absolute Gasteiger partial charge is 0.480 e. The summed E-state index contributed by atoms with van der Waals surface area (Å²) < 4.78 is 30.4. The molecule has 0 spiro atoms. The van der Waals surface area contributed by atoms with Crippen molar-refractivity contribution in [3.8, 4) is 0 Å². The number of benzene rings is 2. The Bertz CT molecular complexity index is 1270. The number of fused-ring (bicyclic) bond motifs is 3. The van der Waals surface area contributed by atoms with Crippen LogP contribution in [-0.2, 0) is 34.2 Å². The standard InChI is InChI=1S/C24H29N3O4S/c1-25(32(30,31)19-12-10-18(11-13-19)27(2,3)4)17-9-14-23-21(15-17)20-7-5-6-8-22(20)26(23)16-24(28)29/h5-8,10-13,17H,2,9,14-16H2,1,3-4H3,(H,28,29). The topological polar surface area (TPSA) is 79.6 Å². The first kappa shape index (κ1) is 22.5. The van der Waals surface area contributed by atoms with E-state index in [-0.39, 0.29) is 17.5 Å². The molecule has 7 nitrogen and oxygen atoms in total. The van der Waals surface area contributed by atoms with Gasteiger partial charge in [-0.05, 0) is 55.2 Å². The number of aromatic nitrogens is 1. The van der Waals surface area contributed by atoms with E-state index in [1.807, 2.05) is 42.9 Å². The highest BCUT2D eigenvalue weighted by Crippen LogP contribution is 2.35. The monoisotopic (exact) mass is 455 g/mol. The summed E-state index contributed by atoms with van der Waals surface area (Å²) in [6.07, 6.45) is 1.83. The van der Waals surface area contributed by atoms with Crippen molar-refractivity contribution in [3.63, 3.8) is 0 Å². The average Bonchev–Trinajstić information content (AvgIpc) is 3.05. The number of rotatable bonds is 6. The van der Waals surface area contributed by atoms with Crippen LogP contribution in [-0.4, -0.2) is 55.6 Å². The van der Waals surface area contributed by atoms with Crippen molar-refractivity contribution < 1.29 is 18.3 Å². The maximum Gasteiger partial charge on any atom is 0.323 e. The van der Waals surface area contributed by atoms with Crippen molar-refractivity contribution in [1.29, 1.82) is 0 Å². The highest BCUT2D eigenvalue weighted by atomic mass is 32.2. The number of carboxylic acid groups (broad SMARTS) is 1. The Balaban J connectivity index is 1.65. The summed E-state index contributed by atoms with van der Waals surface area (Å²) in [6, 6.07) is 14.4. The smallest absolute Gasteiger partial charge is 0.323 e. The van der Waals surface area contributed by atoms with Crippen LogP contribution in [0.3, 0.4) is 0 Å². The number of sulfonamides is 1. The van der Waals surface area contributed by atoms with Gasteiger partial charge in [0.1, 0.15) is 12.2 Å². The zero-order valence-corrected chi connectivity index (χ0v) is 19.5. The summed E-state index contributed by atoms with van der Waals surface area (Å²) in [5, 5.41) is 10.4. The zero-order valence-electron chi connectivity index (χ0n) is 18.7. The minimum Gasteiger partial charge on any atom is -0.480 e. The molecule has 0 fully saturated rings. The van der Waals surface area contributed by atoms with Gasteiger partial charge in [0.05, 0.1) is 4.90 Å². The predicted octanol–water partition coefficient (Wildman–Crippen LogP) is 3.26. The van der Waals surface area contributed by atoms with Crippen LogP contribution >= 0.6 is 0 Å². The fraction of sp³-hybridized carbons (Fsp3) is 0.333. The molecule has 32 heavy (non-hydrogen) atoms. The van der Waals surface area contributed by atoms with Gasteiger partial charge in [-0.15, -0.1) is 7.05 Å². The van der Waals surface area contributed by atoms with Crippen LogP contribution in [0.4, 0.5) is 5.69 Å². The van der Waals surface area contributed by atoms with Crippen LogP contribution in [0.25, 0.3) is 10.9 Å². The Kier molecular flexibility index (Phi) is 5.65. The summed E-state index contributed by atoms with van der Waals surface area (Å²) in [5.74, 6) is -0.886. The van der Waals surface area contributed by atoms with Gasteiger partial charge >= 0.3 is 5.97 Å². The SMILES string of the molecule is [CH2-][N+](C)(C)c1ccc(S(=O)(=O)N(C)C2CCc3c(c4ccccc4n3CC(=O)O)C2)cc1. The molecule has 1 atom stereocenters. The second-order valence-corrected chi connectivity index (χ2v) is 11.0. The summed E-state index contributed by atoms with van der Waals surface area (Å²) >= 11 is 0. The van der Waals surface area contributed by atoms with Crippen molar-refractivity contribution in [1.82, 2.24) is 13.4 Å². The molecule has 1 N–H and O–H groups in total. The highest BCUT2D eigenvalue weighted by Gasteiger charge is 2.33. The lowest BCUT2D eigenvalue weighted by atomic mass is 9.91. The van der Waals surface area contributed by atoms with Crippen molar-refractivity contribution in [2.45, 2.75) is 36.7 Å². The Hall–Kier alpha value is -2.68. The van der Waals surface area contributed by atoms with E-state index < -0.39 is 16.0 Å². The zero-order chi connectivity index (χ0) is 23.3. The third-order valence-electron chi connectivity index (χ3n) is 6.37. The molecule has 1 heterocycles. The van der Waals surface area contributed by atoms with Crippen LogP contribution in [0.5, 0.6) is 0 Å². The minimum absolute atomic E-state index is 0.0951. The van der Waals surface area contributed by atoms with Gasteiger partial charge < -0.3 is 14.2 Å². The Morgan fingerprint density at radius 2 is 1.84 bits per heavy atom. The molecule has 1 unspecified atom stereocenters. The molecule has 1 aliphatic carbocycles. The van der Waals surface area contributed by atoms with Crippen LogP contribution in [0.2, 0.25) is 0 Å². The molecule has 0 aliphatic heterocycles. The summed E-state index contributed by atoms with van der Waals surface area (Å²) in [7, 11) is 5.87. The number of para-hydroxylation sites is 1. The first-order valence-electron chi connectivity index (χ1n) is 10.6. The Morgan fingerprint density at radius 1 is 1.19 bits per heavy atom. The third-order valence-corrected chi connectivity index (χ3v) is 8.29. The quantitative estimate of drug-likeness (QED) is 0.457. The van der Waals surface area contributed by atoms with Gasteiger partial charge in [0.15, 0.2) is 0 Å². The summed E-state index contributed by atoms with van der Waals surface area (Å²) in [6.45, 7) is -0.0951. The molecule has 1 aromatic heterocycles. The van der Waals surface area contributed by atoms with E-state index in [0.29, 0.717) is 23.7 Å². The Labute approximate surface area is 189 Å². The van der Waals surface area contributed by atoms with Crippen LogP contribution in [0, 0.1) is 7.05 Å². The highest BCUT2D eigenvalue weighted by molar-refractivity contribution is 7.89. The molecular weight excluding hydrogens is 426 g/mol. The number of quaternary nitrogens is 1. The number of carboxylic acids is 1. The molecule has 0 radical (unpaired) electrons. The van der Waals surface area contributed by atoms with E-state index >= 15 is 0 Å². The van der Waals surface area contributed by atoms with E-state index in [1.165, 1.54) is 4.31 Å². The molecule has 0 saturated heterocycles. The first-order chi connectivity index (χ1) is 15.0. The van der Waals surface area contributed by atoms with E-state index in [9.17, 15) is 18.3 Å². The maximum atomic E-state index is 13.3. The molecule has 170 valence electrons. The van der Waals surface area contributed by atoms with Gasteiger partial charge in [-0.1, -0.05) is 18.2 Å². The molecule has 1 aliphatic rings. The predicted molar refractivity (Wildman–Crippen MR) is 126 cm³/mol. The molecule has 2 aromatic carbocycles. The number of carbonyl (C=O) groups is 1. The summed E-state index contributed by atoms with van der Waals surface area (Å²) in [5.41, 5.74) is 3.85. The molecule has 0 bridgehead atoms. The normalized spacial score (nSPS) is 17.0. The van der Waals surface area contributed by atoms with Crippen molar-refractivity contribution in [3.05, 3.63) is 66.8 Å². The van der Waals surface area contributed by atoms with Crippen LogP contribution in [0.1, 0.15) is 17.7 Å². The third kappa shape index (κ3) is 3.94. The van der Waals surface area contributed by atoms with Gasteiger partial charge in [0.25, 0.3) is 0 Å². The second kappa shape index (κ2) is 8.03.